The fraction of sp³-hybridized carbons (Fsp3) is 0.350. The van der Waals surface area contributed by atoms with Crippen LogP contribution < -0.4 is 10.1 Å². The third-order valence-corrected chi connectivity index (χ3v) is 4.62. The van der Waals surface area contributed by atoms with E-state index < -0.39 is 0 Å². The number of hydrogen-bond donors (Lipinski definition) is 1. The SMILES string of the molecule is CCc1ccc(OCCCC(=O)Nc2ccc(C)c(C)c2)c(Br)c1. The number of carbonyl (C=O) groups excluding carboxylic acids is 1. The van der Waals surface area contributed by atoms with Crippen LogP contribution in [0.1, 0.15) is 36.5 Å². The van der Waals surface area contributed by atoms with Crippen LogP contribution in [0, 0.1) is 13.8 Å². The van der Waals surface area contributed by atoms with E-state index in [1.54, 1.807) is 0 Å². The van der Waals surface area contributed by atoms with Crippen LogP contribution in [0.25, 0.3) is 0 Å². The first-order valence-corrected chi connectivity index (χ1v) is 9.07. The van der Waals surface area contributed by atoms with E-state index in [9.17, 15) is 4.79 Å². The van der Waals surface area contributed by atoms with Gasteiger partial charge >= 0.3 is 0 Å². The third kappa shape index (κ3) is 5.38. The van der Waals surface area contributed by atoms with Crippen LogP contribution >= 0.6 is 15.9 Å². The second kappa shape index (κ2) is 8.88. The van der Waals surface area contributed by atoms with Crippen LogP contribution in [0.5, 0.6) is 5.75 Å². The fourth-order valence-electron chi connectivity index (χ4n) is 2.34. The zero-order valence-corrected chi connectivity index (χ0v) is 16.1. The van der Waals surface area contributed by atoms with Gasteiger partial charge in [-0.2, -0.15) is 0 Å². The minimum Gasteiger partial charge on any atom is -0.492 e. The molecule has 0 unspecified atom stereocenters. The molecule has 1 N–H and O–H groups in total. The smallest absolute Gasteiger partial charge is 0.224 e. The molecule has 0 saturated heterocycles. The Labute approximate surface area is 152 Å². The van der Waals surface area contributed by atoms with Crippen LogP contribution in [0.4, 0.5) is 5.69 Å². The summed E-state index contributed by atoms with van der Waals surface area (Å²) in [5, 5.41) is 2.93. The van der Waals surface area contributed by atoms with Gasteiger partial charge in [-0.1, -0.05) is 19.1 Å². The van der Waals surface area contributed by atoms with Crippen molar-refractivity contribution in [1.29, 1.82) is 0 Å². The van der Waals surface area contributed by atoms with Gasteiger partial charge in [-0.05, 0) is 83.6 Å². The van der Waals surface area contributed by atoms with Gasteiger partial charge in [-0.25, -0.2) is 0 Å². The summed E-state index contributed by atoms with van der Waals surface area (Å²) in [5.74, 6) is 0.837. The van der Waals surface area contributed by atoms with E-state index in [0.29, 0.717) is 19.4 Å². The van der Waals surface area contributed by atoms with Crippen molar-refractivity contribution in [2.45, 2.75) is 40.0 Å². The maximum absolute atomic E-state index is 12.0. The van der Waals surface area contributed by atoms with E-state index in [-0.39, 0.29) is 5.91 Å². The Morgan fingerprint density at radius 3 is 2.58 bits per heavy atom. The number of carbonyl (C=O) groups is 1. The molecule has 0 aliphatic heterocycles. The van der Waals surface area contributed by atoms with Gasteiger partial charge in [0.1, 0.15) is 5.75 Å². The fourth-order valence-corrected chi connectivity index (χ4v) is 2.88. The molecule has 0 aliphatic rings. The van der Waals surface area contributed by atoms with E-state index in [1.807, 2.05) is 31.2 Å². The van der Waals surface area contributed by atoms with Gasteiger partial charge < -0.3 is 10.1 Å². The Morgan fingerprint density at radius 1 is 1.12 bits per heavy atom. The lowest BCUT2D eigenvalue weighted by Crippen LogP contribution is -2.13. The molecule has 0 radical (unpaired) electrons. The molecule has 0 atom stereocenters. The van der Waals surface area contributed by atoms with Gasteiger partial charge in [0.2, 0.25) is 5.91 Å². The third-order valence-electron chi connectivity index (χ3n) is 4.00. The number of halogens is 1. The maximum atomic E-state index is 12.0. The van der Waals surface area contributed by atoms with Crippen LogP contribution in [0.2, 0.25) is 0 Å². The Kier molecular flexibility index (Phi) is 6.85. The van der Waals surface area contributed by atoms with E-state index in [1.165, 1.54) is 16.7 Å². The molecule has 2 rings (SSSR count). The van der Waals surface area contributed by atoms with Crippen molar-refractivity contribution in [2.24, 2.45) is 0 Å². The number of anilines is 1. The molecule has 0 aromatic heterocycles. The number of ether oxygens (including phenoxy) is 1. The van der Waals surface area contributed by atoms with Crippen molar-refractivity contribution >= 4 is 27.5 Å². The van der Waals surface area contributed by atoms with Crippen LogP contribution in [-0.2, 0) is 11.2 Å². The first-order chi connectivity index (χ1) is 11.5. The van der Waals surface area contributed by atoms with Crippen molar-refractivity contribution in [3.8, 4) is 5.75 Å². The van der Waals surface area contributed by atoms with Crippen LogP contribution in [-0.4, -0.2) is 12.5 Å². The Morgan fingerprint density at radius 2 is 1.92 bits per heavy atom. The largest absolute Gasteiger partial charge is 0.492 e. The molecule has 0 heterocycles. The number of benzene rings is 2. The summed E-state index contributed by atoms with van der Waals surface area (Å²) >= 11 is 3.52. The zero-order valence-electron chi connectivity index (χ0n) is 14.5. The van der Waals surface area contributed by atoms with Crippen molar-refractivity contribution in [3.05, 3.63) is 57.6 Å². The predicted molar refractivity (Wildman–Crippen MR) is 103 cm³/mol. The van der Waals surface area contributed by atoms with E-state index >= 15 is 0 Å². The van der Waals surface area contributed by atoms with Gasteiger partial charge in [0, 0.05) is 12.1 Å². The normalized spacial score (nSPS) is 10.5. The molecule has 0 saturated carbocycles. The number of rotatable bonds is 7. The van der Waals surface area contributed by atoms with E-state index in [4.69, 9.17) is 4.74 Å². The predicted octanol–water partition coefficient (Wildman–Crippen LogP) is 5.43. The molecule has 128 valence electrons. The van der Waals surface area contributed by atoms with Gasteiger partial charge in [-0.3, -0.25) is 4.79 Å². The molecule has 2 aromatic carbocycles. The number of hydrogen-bond acceptors (Lipinski definition) is 2. The Bertz CT molecular complexity index is 713. The van der Waals surface area contributed by atoms with Crippen molar-refractivity contribution in [3.63, 3.8) is 0 Å². The molecule has 0 aliphatic carbocycles. The number of aryl methyl sites for hydroxylation is 3. The van der Waals surface area contributed by atoms with Crippen LogP contribution in [0.3, 0.4) is 0 Å². The summed E-state index contributed by atoms with van der Waals surface area (Å²) in [4.78, 5) is 12.0. The van der Waals surface area contributed by atoms with Gasteiger partial charge in [0.15, 0.2) is 0 Å². The number of nitrogens with one attached hydrogen (secondary N) is 1. The number of amides is 1. The summed E-state index contributed by atoms with van der Waals surface area (Å²) in [6.45, 7) is 6.74. The van der Waals surface area contributed by atoms with E-state index in [2.05, 4.69) is 47.2 Å². The lowest BCUT2D eigenvalue weighted by atomic mass is 10.1. The summed E-state index contributed by atoms with van der Waals surface area (Å²) < 4.78 is 6.70. The molecular weight excluding hydrogens is 366 g/mol. The molecule has 0 fully saturated rings. The molecule has 4 heteroatoms. The van der Waals surface area contributed by atoms with Crippen molar-refractivity contribution in [2.75, 3.05) is 11.9 Å². The van der Waals surface area contributed by atoms with Gasteiger partial charge in [0.25, 0.3) is 0 Å². The van der Waals surface area contributed by atoms with Crippen molar-refractivity contribution < 1.29 is 9.53 Å². The lowest BCUT2D eigenvalue weighted by Gasteiger charge is -2.10. The second-order valence-electron chi connectivity index (χ2n) is 5.92. The Hall–Kier alpha value is -1.81. The maximum Gasteiger partial charge on any atom is 0.224 e. The second-order valence-corrected chi connectivity index (χ2v) is 6.77. The molecule has 0 bridgehead atoms. The molecule has 3 nitrogen and oxygen atoms in total. The summed E-state index contributed by atoms with van der Waals surface area (Å²) in [5.41, 5.74) is 4.52. The summed E-state index contributed by atoms with van der Waals surface area (Å²) in [6.07, 6.45) is 2.12. The minimum atomic E-state index is 0.0160. The van der Waals surface area contributed by atoms with E-state index in [0.717, 1.165) is 22.3 Å². The lowest BCUT2D eigenvalue weighted by molar-refractivity contribution is -0.116. The highest BCUT2D eigenvalue weighted by Crippen LogP contribution is 2.26. The Balaban J connectivity index is 1.75. The molecule has 2 aromatic rings. The highest BCUT2D eigenvalue weighted by Gasteiger charge is 2.05. The summed E-state index contributed by atoms with van der Waals surface area (Å²) in [6, 6.07) is 12.1. The van der Waals surface area contributed by atoms with Crippen molar-refractivity contribution in [1.82, 2.24) is 0 Å². The zero-order chi connectivity index (χ0) is 17.5. The average molecular weight is 390 g/mol. The highest BCUT2D eigenvalue weighted by atomic mass is 79.9. The minimum absolute atomic E-state index is 0.0160. The monoisotopic (exact) mass is 389 g/mol. The first kappa shape index (κ1) is 18.5. The van der Waals surface area contributed by atoms with Gasteiger partial charge in [0.05, 0.1) is 11.1 Å². The molecular formula is C20H24BrNO2. The topological polar surface area (TPSA) is 38.3 Å². The standard InChI is InChI=1S/C20H24BrNO2/c1-4-16-8-10-19(18(21)13-16)24-11-5-6-20(23)22-17-9-7-14(2)15(3)12-17/h7-10,12-13H,4-6,11H2,1-3H3,(H,22,23). The van der Waals surface area contributed by atoms with Gasteiger partial charge in [-0.15, -0.1) is 0 Å². The quantitative estimate of drug-likeness (QED) is 0.641. The molecule has 1 amide bonds. The first-order valence-electron chi connectivity index (χ1n) is 8.28. The molecule has 24 heavy (non-hydrogen) atoms. The highest BCUT2D eigenvalue weighted by molar-refractivity contribution is 9.10. The summed E-state index contributed by atoms with van der Waals surface area (Å²) in [7, 11) is 0. The molecule has 0 spiro atoms. The average Bonchev–Trinajstić information content (AvgIpc) is 2.56. The van der Waals surface area contributed by atoms with Crippen LogP contribution in [0.15, 0.2) is 40.9 Å².